The first-order valence-electron chi connectivity index (χ1n) is 6.37. The minimum Gasteiger partial charge on any atom is -0.346 e. The molecule has 1 atom stereocenters. The van der Waals surface area contributed by atoms with Crippen LogP contribution in [-0.2, 0) is 0 Å². The van der Waals surface area contributed by atoms with E-state index < -0.39 is 0 Å². The highest BCUT2D eigenvalue weighted by molar-refractivity contribution is 5.95. The normalized spacial score (nSPS) is 11.9. The quantitative estimate of drug-likeness (QED) is 0.914. The van der Waals surface area contributed by atoms with Crippen molar-refractivity contribution in [3.8, 4) is 0 Å². The summed E-state index contributed by atoms with van der Waals surface area (Å²) in [6, 6.07) is 11.7. The third-order valence-electron chi connectivity index (χ3n) is 3.35. The number of benzene rings is 1. The number of aromatic nitrogens is 1. The minimum atomic E-state index is -0.0562. The molecule has 0 aliphatic heterocycles. The number of hydrogen-bond acceptors (Lipinski definition) is 2. The Hall–Kier alpha value is -2.16. The molecule has 1 amide bonds. The number of hydrogen-bond donors (Lipinski definition) is 1. The molecule has 0 radical (unpaired) electrons. The number of amides is 1. The Labute approximate surface area is 113 Å². The average Bonchev–Trinajstić information content (AvgIpc) is 2.42. The summed E-state index contributed by atoms with van der Waals surface area (Å²) >= 11 is 0. The van der Waals surface area contributed by atoms with Gasteiger partial charge in [0.1, 0.15) is 0 Å². The van der Waals surface area contributed by atoms with E-state index in [9.17, 15) is 4.79 Å². The zero-order valence-corrected chi connectivity index (χ0v) is 11.5. The number of aryl methyl sites for hydroxylation is 1. The van der Waals surface area contributed by atoms with Crippen molar-refractivity contribution in [1.29, 1.82) is 0 Å². The fourth-order valence-corrected chi connectivity index (χ4v) is 1.99. The van der Waals surface area contributed by atoms with Crippen LogP contribution in [0.15, 0.2) is 42.6 Å². The van der Waals surface area contributed by atoms with Crippen LogP contribution in [0.1, 0.15) is 40.1 Å². The van der Waals surface area contributed by atoms with Gasteiger partial charge in [-0.25, -0.2) is 0 Å². The van der Waals surface area contributed by atoms with E-state index >= 15 is 0 Å². The second-order valence-corrected chi connectivity index (χ2v) is 4.67. The lowest BCUT2D eigenvalue weighted by Crippen LogP contribution is -2.27. The van der Waals surface area contributed by atoms with Gasteiger partial charge in [-0.2, -0.15) is 0 Å². The predicted octanol–water partition coefficient (Wildman–Crippen LogP) is 3.19. The first-order valence-corrected chi connectivity index (χ1v) is 6.37. The van der Waals surface area contributed by atoms with Crippen molar-refractivity contribution in [1.82, 2.24) is 10.3 Å². The number of carbonyl (C=O) groups excluding carboxylic acids is 1. The highest BCUT2D eigenvalue weighted by Gasteiger charge is 2.14. The van der Waals surface area contributed by atoms with Gasteiger partial charge in [-0.05, 0) is 38.0 Å². The van der Waals surface area contributed by atoms with E-state index in [4.69, 9.17) is 0 Å². The summed E-state index contributed by atoms with van der Waals surface area (Å²) in [4.78, 5) is 16.4. The van der Waals surface area contributed by atoms with E-state index in [-0.39, 0.29) is 11.9 Å². The number of carbonyl (C=O) groups is 1. The van der Waals surface area contributed by atoms with Gasteiger partial charge < -0.3 is 5.32 Å². The van der Waals surface area contributed by atoms with E-state index in [0.29, 0.717) is 5.56 Å². The van der Waals surface area contributed by atoms with E-state index in [1.807, 2.05) is 51.1 Å². The number of rotatable bonds is 3. The van der Waals surface area contributed by atoms with Gasteiger partial charge in [0, 0.05) is 17.5 Å². The smallest absolute Gasteiger partial charge is 0.252 e. The van der Waals surface area contributed by atoms with Crippen LogP contribution in [0.2, 0.25) is 0 Å². The molecule has 1 aromatic heterocycles. The van der Waals surface area contributed by atoms with Gasteiger partial charge in [0.05, 0.1) is 6.04 Å². The van der Waals surface area contributed by atoms with Crippen LogP contribution in [0.25, 0.3) is 0 Å². The molecule has 1 unspecified atom stereocenters. The fraction of sp³-hybridized carbons (Fsp3) is 0.250. The Morgan fingerprint density at radius 2 is 1.84 bits per heavy atom. The van der Waals surface area contributed by atoms with Crippen LogP contribution in [-0.4, -0.2) is 10.9 Å². The summed E-state index contributed by atoms with van der Waals surface area (Å²) < 4.78 is 0. The number of pyridine rings is 1. The summed E-state index contributed by atoms with van der Waals surface area (Å²) in [7, 11) is 0. The molecule has 0 fully saturated rings. The summed E-state index contributed by atoms with van der Waals surface area (Å²) in [6.07, 6.45) is 1.67. The summed E-state index contributed by atoms with van der Waals surface area (Å²) in [5.74, 6) is -0.0562. The molecule has 0 bridgehead atoms. The lowest BCUT2D eigenvalue weighted by molar-refractivity contribution is 0.0939. The van der Waals surface area contributed by atoms with Crippen LogP contribution < -0.4 is 5.32 Å². The van der Waals surface area contributed by atoms with Gasteiger partial charge in [-0.15, -0.1) is 0 Å². The van der Waals surface area contributed by atoms with Gasteiger partial charge in [0.2, 0.25) is 0 Å². The molecule has 19 heavy (non-hydrogen) atoms. The SMILES string of the molecule is Cc1nccc(C(=O)NC(C)c2ccccc2)c1C. The second-order valence-electron chi connectivity index (χ2n) is 4.67. The second kappa shape index (κ2) is 5.65. The van der Waals surface area contributed by atoms with Crippen LogP contribution >= 0.6 is 0 Å². The first-order chi connectivity index (χ1) is 9.09. The molecule has 1 aromatic carbocycles. The Balaban J connectivity index is 2.16. The Morgan fingerprint density at radius 3 is 2.53 bits per heavy atom. The Morgan fingerprint density at radius 1 is 1.16 bits per heavy atom. The van der Waals surface area contributed by atoms with Crippen molar-refractivity contribution in [3.63, 3.8) is 0 Å². The van der Waals surface area contributed by atoms with Gasteiger partial charge in [-0.3, -0.25) is 9.78 Å². The van der Waals surface area contributed by atoms with Crippen LogP contribution in [0.3, 0.4) is 0 Å². The van der Waals surface area contributed by atoms with Gasteiger partial charge >= 0.3 is 0 Å². The molecule has 0 saturated carbocycles. The molecule has 0 saturated heterocycles. The maximum absolute atomic E-state index is 12.3. The number of nitrogens with zero attached hydrogens (tertiary/aromatic N) is 1. The van der Waals surface area contributed by atoms with Gasteiger partial charge in [0.25, 0.3) is 5.91 Å². The van der Waals surface area contributed by atoms with Gasteiger partial charge in [0.15, 0.2) is 0 Å². The van der Waals surface area contributed by atoms with Crippen LogP contribution in [0.5, 0.6) is 0 Å². The Bertz CT molecular complexity index is 579. The van der Waals surface area contributed by atoms with Crippen molar-refractivity contribution in [2.24, 2.45) is 0 Å². The van der Waals surface area contributed by atoms with E-state index in [1.165, 1.54) is 0 Å². The van der Waals surface area contributed by atoms with Crippen molar-refractivity contribution in [3.05, 3.63) is 65.0 Å². The van der Waals surface area contributed by atoms with E-state index in [0.717, 1.165) is 16.8 Å². The van der Waals surface area contributed by atoms with Crippen molar-refractivity contribution in [2.45, 2.75) is 26.8 Å². The number of nitrogens with one attached hydrogen (secondary N) is 1. The zero-order valence-electron chi connectivity index (χ0n) is 11.5. The lowest BCUT2D eigenvalue weighted by Gasteiger charge is -2.15. The molecular formula is C16H18N2O. The molecule has 2 aromatic rings. The monoisotopic (exact) mass is 254 g/mol. The molecule has 98 valence electrons. The largest absolute Gasteiger partial charge is 0.346 e. The van der Waals surface area contributed by atoms with E-state index in [1.54, 1.807) is 12.3 Å². The molecule has 0 aliphatic carbocycles. The Kier molecular flexibility index (Phi) is 3.95. The first kappa shape index (κ1) is 13.3. The molecule has 3 heteroatoms. The third kappa shape index (κ3) is 2.99. The summed E-state index contributed by atoms with van der Waals surface area (Å²) in [5.41, 5.74) is 3.61. The summed E-state index contributed by atoms with van der Waals surface area (Å²) in [6.45, 7) is 5.81. The highest BCUT2D eigenvalue weighted by atomic mass is 16.1. The summed E-state index contributed by atoms with van der Waals surface area (Å²) in [5, 5.41) is 3.01. The maximum Gasteiger partial charge on any atom is 0.252 e. The standard InChI is InChI=1S/C16H18N2O/c1-11-12(2)17-10-9-15(11)16(19)18-13(3)14-7-5-4-6-8-14/h4-10,13H,1-3H3,(H,18,19). The lowest BCUT2D eigenvalue weighted by atomic mass is 10.1. The maximum atomic E-state index is 12.3. The molecule has 3 nitrogen and oxygen atoms in total. The van der Waals surface area contributed by atoms with Crippen molar-refractivity contribution >= 4 is 5.91 Å². The highest BCUT2D eigenvalue weighted by Crippen LogP contribution is 2.14. The van der Waals surface area contributed by atoms with E-state index in [2.05, 4.69) is 10.3 Å². The van der Waals surface area contributed by atoms with Crippen LogP contribution in [0, 0.1) is 13.8 Å². The van der Waals surface area contributed by atoms with Crippen molar-refractivity contribution < 1.29 is 4.79 Å². The molecule has 1 heterocycles. The molecule has 2 rings (SSSR count). The predicted molar refractivity (Wildman–Crippen MR) is 76.0 cm³/mol. The molecule has 0 aliphatic rings. The molecule has 1 N–H and O–H groups in total. The fourth-order valence-electron chi connectivity index (χ4n) is 1.99. The van der Waals surface area contributed by atoms with Crippen LogP contribution in [0.4, 0.5) is 0 Å². The third-order valence-corrected chi connectivity index (χ3v) is 3.35. The topological polar surface area (TPSA) is 42.0 Å². The van der Waals surface area contributed by atoms with Gasteiger partial charge in [-0.1, -0.05) is 30.3 Å². The minimum absolute atomic E-state index is 0.0124. The van der Waals surface area contributed by atoms with Crippen molar-refractivity contribution in [2.75, 3.05) is 0 Å². The zero-order chi connectivity index (χ0) is 13.8. The molecular weight excluding hydrogens is 236 g/mol. The molecule has 0 spiro atoms. The average molecular weight is 254 g/mol.